The van der Waals surface area contributed by atoms with Crippen molar-refractivity contribution >= 4 is 0 Å². The van der Waals surface area contributed by atoms with Crippen molar-refractivity contribution in [1.29, 1.82) is 0 Å². The molecule has 0 aromatic rings. The average Bonchev–Trinajstić information content (AvgIpc) is 0.592. The van der Waals surface area contributed by atoms with Gasteiger partial charge in [-0.3, -0.25) is 0 Å². The van der Waals surface area contributed by atoms with Crippen LogP contribution in [0.1, 0.15) is 0 Å². The minimum absolute atomic E-state index is 0. The number of hydrogen-bond acceptors (Lipinski definition) is 2. The predicted octanol–water partition coefficient (Wildman–Crippen LogP) is -0.209. The van der Waals surface area contributed by atoms with Crippen molar-refractivity contribution in [2.24, 2.45) is 0 Å². The Balaban J connectivity index is -0.000000180. The first-order valence-electron chi connectivity index (χ1n) is 0.951. The fourth-order valence-corrected chi connectivity index (χ4v) is 0. The van der Waals surface area contributed by atoms with Gasteiger partial charge in [-0.05, 0) is 0 Å². The van der Waals surface area contributed by atoms with E-state index in [1.807, 2.05) is 0 Å². The molecule has 9 heavy (non-hydrogen) atoms. The van der Waals surface area contributed by atoms with Crippen molar-refractivity contribution in [2.45, 2.75) is 0 Å². The third kappa shape index (κ3) is 54200. The van der Waals surface area contributed by atoms with E-state index in [1.54, 1.807) is 0 Å². The van der Waals surface area contributed by atoms with Crippen LogP contribution >= 0.6 is 0 Å². The van der Waals surface area contributed by atoms with Crippen LogP contribution in [0.4, 0.5) is 12.6 Å². The third-order valence-electron chi connectivity index (χ3n) is 0. The fourth-order valence-electron chi connectivity index (χ4n) is 0. The van der Waals surface area contributed by atoms with Crippen LogP contribution in [0.25, 0.3) is 0 Å². The Morgan fingerprint density at radius 2 is 0.778 bits per heavy atom. The second kappa shape index (κ2) is 1.71. The van der Waals surface area contributed by atoms with Gasteiger partial charge in [0.2, 0.25) is 0 Å². The van der Waals surface area contributed by atoms with E-state index in [1.165, 1.54) is 0 Å². The molecule has 62 valence electrons. The van der Waals surface area contributed by atoms with Gasteiger partial charge < -0.3 is 11.0 Å². The maximum atomic E-state index is 10.1. The molecule has 0 bridgehead atoms. The van der Waals surface area contributed by atoms with Crippen LogP contribution in [-0.4, -0.2) is 11.0 Å². The maximum absolute atomic E-state index is 10.7. The standard InChI is InChI=1S/4FH.Mo.2H2O.2O/h4*1H;;2*1H2;;/q;;;;+4;;;;/p-4. The first-order chi connectivity index (χ1) is 2.45. The van der Waals surface area contributed by atoms with Gasteiger partial charge in [-0.2, -0.15) is 0 Å². The Kier molecular flexibility index (Phi) is 3.03. The Hall–Kier alpha value is -0.0717. The van der Waals surface area contributed by atoms with Gasteiger partial charge in [0.1, 0.15) is 0 Å². The molecule has 0 saturated carbocycles. The summed E-state index contributed by atoms with van der Waals surface area (Å²) < 4.78 is 57.0. The zero-order valence-electron chi connectivity index (χ0n) is 3.74. The van der Waals surface area contributed by atoms with Gasteiger partial charge in [-0.1, -0.05) is 0 Å². The van der Waals surface area contributed by atoms with Crippen molar-refractivity contribution in [3.63, 3.8) is 0 Å². The van der Waals surface area contributed by atoms with E-state index in [2.05, 4.69) is 0 Å². The van der Waals surface area contributed by atoms with Crippen LogP contribution in [0, 0.1) is 0 Å². The van der Waals surface area contributed by atoms with Gasteiger partial charge in [0, 0.05) is 0 Å². The van der Waals surface area contributed by atoms with Crippen molar-refractivity contribution in [2.75, 3.05) is 0 Å². The van der Waals surface area contributed by atoms with E-state index < -0.39 is 15.6 Å². The van der Waals surface area contributed by atoms with Gasteiger partial charge in [0.25, 0.3) is 0 Å². The Morgan fingerprint density at radius 1 is 0.778 bits per heavy atom. The number of hydrogen-bond donors (Lipinski definition) is 0. The zero-order chi connectivity index (χ0) is 6.41. The molecule has 0 aliphatic heterocycles. The van der Waals surface area contributed by atoms with Gasteiger partial charge in [-0.15, -0.1) is 0 Å². The van der Waals surface area contributed by atoms with Gasteiger partial charge in [-0.25, -0.2) is 0 Å². The summed E-state index contributed by atoms with van der Waals surface area (Å²) in [5.41, 5.74) is 0. The van der Waals surface area contributed by atoms with Crippen LogP contribution in [0.3, 0.4) is 0 Å². The topological polar surface area (TPSA) is 97.1 Å². The Labute approximate surface area is 46.8 Å². The van der Waals surface area contributed by atoms with Crippen LogP contribution in [0.15, 0.2) is 0 Å². The van der Waals surface area contributed by atoms with Gasteiger partial charge >= 0.3 is 35.0 Å². The minimum atomic E-state index is -10.7. The van der Waals surface area contributed by atoms with E-state index in [4.69, 9.17) is 6.80 Å². The normalized spacial score (nSPS) is 17.8. The number of halogens is 4. The van der Waals surface area contributed by atoms with E-state index >= 15 is 0 Å². The zero-order valence-corrected chi connectivity index (χ0v) is 5.74. The second-order valence-electron chi connectivity index (χ2n) is 0.922. The molecule has 0 saturated heterocycles. The molecule has 9 heteroatoms. The summed E-state index contributed by atoms with van der Waals surface area (Å²) >= 11 is -10.7. The summed E-state index contributed by atoms with van der Waals surface area (Å²) in [5, 5.41) is 0. The molecule has 0 fully saturated rings. The molecular formula is H4F4MoO4. The summed E-state index contributed by atoms with van der Waals surface area (Å²) in [7, 11) is 0. The van der Waals surface area contributed by atoms with Crippen molar-refractivity contribution < 1.29 is 46.0 Å². The quantitative estimate of drug-likeness (QED) is 0.432. The first kappa shape index (κ1) is 16.0. The molecule has 0 rings (SSSR count). The summed E-state index contributed by atoms with van der Waals surface area (Å²) in [6.45, 7) is 0. The molecule has 0 atom stereocenters. The summed E-state index contributed by atoms with van der Waals surface area (Å²) in [6.07, 6.45) is 0. The van der Waals surface area contributed by atoms with Crippen LogP contribution in [-0.2, 0) is 22.4 Å². The summed E-state index contributed by atoms with van der Waals surface area (Å²) in [5.74, 6) is 0. The molecular weight excluding hydrogens is 236 g/mol. The SMILES string of the molecule is O.O.[O]=[Mo](=[O])([F])([F])([F])[F]. The molecule has 0 unspecified atom stereocenters. The van der Waals surface area contributed by atoms with Gasteiger partial charge in [0.05, 0.1) is 0 Å². The van der Waals surface area contributed by atoms with Crippen LogP contribution in [0.5, 0.6) is 0 Å². The fraction of sp³-hybridized carbons (Fsp3) is 0. The monoisotopic (exact) mass is 242 g/mol. The van der Waals surface area contributed by atoms with E-state index in [0.29, 0.717) is 0 Å². The molecule has 0 aliphatic rings. The molecule has 0 heterocycles. The number of rotatable bonds is 0. The van der Waals surface area contributed by atoms with Crippen LogP contribution in [0.2, 0.25) is 0 Å². The second-order valence-corrected chi connectivity index (χ2v) is 5.45. The molecule has 4 N–H and O–H groups in total. The molecule has 0 aromatic heterocycles. The predicted molar refractivity (Wildman–Crippen MR) is 13.0 cm³/mol. The van der Waals surface area contributed by atoms with Crippen molar-refractivity contribution in [3.8, 4) is 0 Å². The summed E-state index contributed by atoms with van der Waals surface area (Å²) in [6, 6.07) is 0. The molecule has 4 nitrogen and oxygen atoms in total. The van der Waals surface area contributed by atoms with Gasteiger partial charge in [0.15, 0.2) is 0 Å². The molecule has 0 spiro atoms. The summed E-state index contributed by atoms with van der Waals surface area (Å²) in [4.78, 5) is 0. The van der Waals surface area contributed by atoms with E-state index in [9.17, 15) is 12.6 Å². The molecule has 0 amide bonds. The first-order valence-corrected chi connectivity index (χ1v) is 5.62. The van der Waals surface area contributed by atoms with E-state index in [0.717, 1.165) is 0 Å². The Bertz CT molecular complexity index is 192. The average molecular weight is 240 g/mol. The molecule has 0 aromatic carbocycles. The van der Waals surface area contributed by atoms with Crippen LogP contribution < -0.4 is 0 Å². The third-order valence-corrected chi connectivity index (χ3v) is 0. The van der Waals surface area contributed by atoms with Crippen molar-refractivity contribution in [1.82, 2.24) is 0 Å². The molecule has 0 aliphatic carbocycles. The molecule has 0 radical (unpaired) electrons. The Morgan fingerprint density at radius 3 is 0.778 bits per heavy atom. The van der Waals surface area contributed by atoms with Crippen molar-refractivity contribution in [3.05, 3.63) is 0 Å². The van der Waals surface area contributed by atoms with E-state index in [-0.39, 0.29) is 11.0 Å².